The Hall–Kier alpha value is -1.73. The molecule has 0 unspecified atom stereocenters. The molecule has 0 heterocycles. The van der Waals surface area contributed by atoms with Crippen molar-refractivity contribution in [2.45, 2.75) is 51.5 Å². The fourth-order valence-corrected chi connectivity index (χ4v) is 2.90. The largest absolute Gasteiger partial charge is 0.494 e. The van der Waals surface area contributed by atoms with Crippen molar-refractivity contribution in [3.8, 4) is 5.75 Å². The molecule has 0 aliphatic rings. The molecule has 6 nitrogen and oxygen atoms in total. The molecule has 0 spiro atoms. The molecule has 0 bridgehead atoms. The maximum Gasteiger partial charge on any atom is 0.265 e. The van der Waals surface area contributed by atoms with Crippen molar-refractivity contribution in [3.05, 3.63) is 29.8 Å². The SMILES string of the molecule is CCCCCCOc1ccc(C(=O)N[C@@H](CCCSC)C(=O)NO)cc1. The highest BCUT2D eigenvalue weighted by molar-refractivity contribution is 7.98. The van der Waals surface area contributed by atoms with Gasteiger partial charge in [-0.05, 0) is 55.5 Å². The summed E-state index contributed by atoms with van der Waals surface area (Å²) in [7, 11) is 0. The monoisotopic (exact) mass is 382 g/mol. The molecule has 0 aromatic heterocycles. The number of benzene rings is 1. The first-order valence-corrected chi connectivity index (χ1v) is 10.5. The summed E-state index contributed by atoms with van der Waals surface area (Å²) < 4.78 is 5.66. The van der Waals surface area contributed by atoms with Gasteiger partial charge >= 0.3 is 0 Å². The Balaban J connectivity index is 2.52. The van der Waals surface area contributed by atoms with Gasteiger partial charge in [-0.2, -0.15) is 11.8 Å². The van der Waals surface area contributed by atoms with Gasteiger partial charge < -0.3 is 10.1 Å². The van der Waals surface area contributed by atoms with Crippen molar-refractivity contribution in [1.29, 1.82) is 0 Å². The second-order valence-corrected chi connectivity index (χ2v) is 7.06. The molecule has 2 amide bonds. The number of amides is 2. The van der Waals surface area contributed by atoms with Crippen molar-refractivity contribution >= 4 is 23.6 Å². The topological polar surface area (TPSA) is 87.7 Å². The van der Waals surface area contributed by atoms with Crippen LogP contribution in [-0.4, -0.2) is 41.7 Å². The smallest absolute Gasteiger partial charge is 0.265 e. The van der Waals surface area contributed by atoms with Gasteiger partial charge in [-0.15, -0.1) is 0 Å². The van der Waals surface area contributed by atoms with Crippen LogP contribution in [0.25, 0.3) is 0 Å². The van der Waals surface area contributed by atoms with E-state index >= 15 is 0 Å². The van der Waals surface area contributed by atoms with E-state index in [9.17, 15) is 9.59 Å². The maximum absolute atomic E-state index is 12.3. The summed E-state index contributed by atoms with van der Waals surface area (Å²) in [5.74, 6) is 0.654. The lowest BCUT2D eigenvalue weighted by Gasteiger charge is -2.16. The van der Waals surface area contributed by atoms with Crippen LogP contribution in [-0.2, 0) is 4.79 Å². The van der Waals surface area contributed by atoms with Crippen LogP contribution < -0.4 is 15.5 Å². The molecule has 1 atom stereocenters. The Morgan fingerprint density at radius 3 is 2.50 bits per heavy atom. The minimum atomic E-state index is -0.755. The molecule has 7 heteroatoms. The molecule has 0 aliphatic heterocycles. The van der Waals surface area contributed by atoms with Gasteiger partial charge in [0.05, 0.1) is 6.61 Å². The second-order valence-electron chi connectivity index (χ2n) is 6.07. The lowest BCUT2D eigenvalue weighted by Crippen LogP contribution is -2.45. The van der Waals surface area contributed by atoms with Gasteiger partial charge in [-0.3, -0.25) is 14.8 Å². The quantitative estimate of drug-likeness (QED) is 0.276. The molecule has 146 valence electrons. The van der Waals surface area contributed by atoms with Gasteiger partial charge in [-0.1, -0.05) is 26.2 Å². The van der Waals surface area contributed by atoms with E-state index in [2.05, 4.69) is 12.2 Å². The highest BCUT2D eigenvalue weighted by Crippen LogP contribution is 2.14. The minimum absolute atomic E-state index is 0.350. The van der Waals surface area contributed by atoms with Crippen molar-refractivity contribution in [3.63, 3.8) is 0 Å². The van der Waals surface area contributed by atoms with Crippen molar-refractivity contribution in [2.75, 3.05) is 18.6 Å². The van der Waals surface area contributed by atoms with Crippen molar-refractivity contribution in [1.82, 2.24) is 10.8 Å². The number of hydrogen-bond acceptors (Lipinski definition) is 5. The van der Waals surface area contributed by atoms with Gasteiger partial charge in [0.2, 0.25) is 0 Å². The standard InChI is InChI=1S/C19H30N2O4S/c1-3-4-5-6-13-25-16-11-9-15(10-12-16)18(22)20-17(19(23)21-24)8-7-14-26-2/h9-12,17,24H,3-8,13-14H2,1-2H3,(H,20,22)(H,21,23)/t17-/m0/s1. The van der Waals surface area contributed by atoms with E-state index < -0.39 is 11.9 Å². The van der Waals surface area contributed by atoms with Crippen LogP contribution in [0.3, 0.4) is 0 Å². The number of ether oxygens (including phenoxy) is 1. The number of carbonyl (C=O) groups excluding carboxylic acids is 2. The lowest BCUT2D eigenvalue weighted by molar-refractivity contribution is -0.131. The van der Waals surface area contributed by atoms with Crippen LogP contribution >= 0.6 is 11.8 Å². The summed E-state index contributed by atoms with van der Waals surface area (Å²) in [6, 6.07) is 6.10. The third kappa shape index (κ3) is 8.58. The molecule has 0 radical (unpaired) electrons. The number of hydroxylamine groups is 1. The molecule has 3 N–H and O–H groups in total. The van der Waals surface area contributed by atoms with Crippen molar-refractivity contribution in [2.24, 2.45) is 0 Å². The Labute approximate surface area is 160 Å². The highest BCUT2D eigenvalue weighted by atomic mass is 32.2. The van der Waals surface area contributed by atoms with Crippen LogP contribution in [0.15, 0.2) is 24.3 Å². The first-order valence-electron chi connectivity index (χ1n) is 9.09. The zero-order chi connectivity index (χ0) is 19.2. The van der Waals surface area contributed by atoms with Gasteiger partial charge in [0.15, 0.2) is 0 Å². The van der Waals surface area contributed by atoms with Crippen LogP contribution in [0.2, 0.25) is 0 Å². The zero-order valence-electron chi connectivity index (χ0n) is 15.6. The first-order chi connectivity index (χ1) is 12.6. The Morgan fingerprint density at radius 1 is 1.15 bits per heavy atom. The first kappa shape index (κ1) is 22.3. The van der Waals surface area contributed by atoms with E-state index in [4.69, 9.17) is 9.94 Å². The highest BCUT2D eigenvalue weighted by Gasteiger charge is 2.20. The van der Waals surface area contributed by atoms with E-state index in [0.29, 0.717) is 18.6 Å². The molecule has 26 heavy (non-hydrogen) atoms. The Bertz CT molecular complexity index is 537. The van der Waals surface area contributed by atoms with Gasteiger partial charge in [0, 0.05) is 5.56 Å². The summed E-state index contributed by atoms with van der Waals surface area (Å²) in [4.78, 5) is 24.1. The molecule has 0 saturated heterocycles. The predicted octanol–water partition coefficient (Wildman–Crippen LogP) is 3.39. The second kappa shape index (κ2) is 13.5. The summed E-state index contributed by atoms with van der Waals surface area (Å²) in [6.07, 6.45) is 7.79. The van der Waals surface area contributed by atoms with Gasteiger partial charge in [0.25, 0.3) is 11.8 Å². The average Bonchev–Trinajstić information content (AvgIpc) is 2.67. The van der Waals surface area contributed by atoms with Crippen molar-refractivity contribution < 1.29 is 19.5 Å². The van der Waals surface area contributed by atoms with Crippen LogP contribution in [0, 0.1) is 0 Å². The molecule has 0 aliphatic carbocycles. The number of carbonyl (C=O) groups is 2. The summed E-state index contributed by atoms with van der Waals surface area (Å²) in [6.45, 7) is 2.84. The maximum atomic E-state index is 12.3. The van der Waals surface area contributed by atoms with Gasteiger partial charge in [-0.25, -0.2) is 5.48 Å². The zero-order valence-corrected chi connectivity index (χ0v) is 16.4. The van der Waals surface area contributed by atoms with E-state index in [0.717, 1.165) is 30.8 Å². The number of unbranched alkanes of at least 4 members (excludes halogenated alkanes) is 3. The fourth-order valence-electron chi connectivity index (χ4n) is 2.44. The van der Waals surface area contributed by atoms with E-state index in [1.807, 2.05) is 6.26 Å². The number of hydrogen-bond donors (Lipinski definition) is 3. The average molecular weight is 383 g/mol. The third-order valence-corrected chi connectivity index (χ3v) is 4.65. The molecular formula is C19H30N2O4S. The van der Waals surface area contributed by atoms with E-state index in [1.165, 1.54) is 12.8 Å². The van der Waals surface area contributed by atoms with E-state index in [-0.39, 0.29) is 5.91 Å². The molecule has 1 rings (SSSR count). The van der Waals surface area contributed by atoms with E-state index in [1.54, 1.807) is 41.5 Å². The summed E-state index contributed by atoms with van der Waals surface area (Å²) in [5.41, 5.74) is 2.06. The number of rotatable bonds is 13. The summed E-state index contributed by atoms with van der Waals surface area (Å²) in [5, 5.41) is 11.5. The minimum Gasteiger partial charge on any atom is -0.494 e. The molecule has 0 saturated carbocycles. The molecule has 1 aromatic rings. The number of thioether (sulfide) groups is 1. The molecular weight excluding hydrogens is 352 g/mol. The lowest BCUT2D eigenvalue weighted by atomic mass is 10.1. The third-order valence-electron chi connectivity index (χ3n) is 3.96. The van der Waals surface area contributed by atoms with Crippen LogP contribution in [0.4, 0.5) is 0 Å². The molecule has 1 aromatic carbocycles. The normalized spacial score (nSPS) is 11.7. The Morgan fingerprint density at radius 2 is 1.88 bits per heavy atom. The fraction of sp³-hybridized carbons (Fsp3) is 0.579. The Kier molecular flexibility index (Phi) is 11.6. The van der Waals surface area contributed by atoms with Crippen LogP contribution in [0.5, 0.6) is 5.75 Å². The van der Waals surface area contributed by atoms with Gasteiger partial charge in [0.1, 0.15) is 11.8 Å². The summed E-state index contributed by atoms with van der Waals surface area (Å²) >= 11 is 1.67. The molecule has 0 fully saturated rings. The van der Waals surface area contributed by atoms with Crippen LogP contribution in [0.1, 0.15) is 55.8 Å². The number of nitrogens with one attached hydrogen (secondary N) is 2. The predicted molar refractivity (Wildman–Crippen MR) is 105 cm³/mol.